The van der Waals surface area contributed by atoms with Crippen LogP contribution in [0.5, 0.6) is 0 Å². The van der Waals surface area contributed by atoms with Crippen molar-refractivity contribution in [3.8, 4) is 11.3 Å². The largest absolute Gasteiger partial charge is 0.726 e. The molecule has 26 heavy (non-hydrogen) atoms. The van der Waals surface area contributed by atoms with Crippen LogP contribution in [-0.4, -0.2) is 37.9 Å². The Hall–Kier alpha value is -1.90. The number of piperidine rings is 1. The van der Waals surface area contributed by atoms with Gasteiger partial charge in [-0.25, -0.2) is 8.42 Å². The lowest BCUT2D eigenvalue weighted by Crippen LogP contribution is -2.42. The number of anilines is 1. The summed E-state index contributed by atoms with van der Waals surface area (Å²) in [6, 6.07) is 13.0. The third kappa shape index (κ3) is 5.30. The van der Waals surface area contributed by atoms with E-state index in [-0.39, 0.29) is 0 Å². The van der Waals surface area contributed by atoms with Crippen molar-refractivity contribution >= 4 is 16.2 Å². The van der Waals surface area contributed by atoms with Crippen molar-refractivity contribution in [1.82, 2.24) is 4.68 Å². The average molecular weight is 381 g/mol. The molecule has 0 N–H and O–H groups in total. The van der Waals surface area contributed by atoms with Crippen molar-refractivity contribution < 1.29 is 21.8 Å². The molecule has 1 unspecified atom stereocenters. The van der Waals surface area contributed by atoms with Gasteiger partial charge in [-0.15, -0.1) is 9.36 Å². The van der Waals surface area contributed by atoms with Gasteiger partial charge in [0, 0.05) is 18.7 Å². The van der Waals surface area contributed by atoms with Crippen molar-refractivity contribution in [2.75, 3.05) is 25.1 Å². The summed E-state index contributed by atoms with van der Waals surface area (Å²) in [7, 11) is 0.688. The van der Waals surface area contributed by atoms with Gasteiger partial charge in [-0.2, -0.15) is 0 Å². The first-order valence-electron chi connectivity index (χ1n) is 8.60. The molecule has 0 bridgehead atoms. The molecule has 1 aromatic heterocycles. The highest BCUT2D eigenvalue weighted by Gasteiger charge is 2.25. The molecule has 1 aliphatic heterocycles. The molecule has 2 heterocycles. The van der Waals surface area contributed by atoms with Crippen molar-refractivity contribution in [3.63, 3.8) is 0 Å². The van der Waals surface area contributed by atoms with Crippen LogP contribution in [0.2, 0.25) is 0 Å². The van der Waals surface area contributed by atoms with Crippen LogP contribution in [0, 0.1) is 5.92 Å². The molecule has 144 valence electrons. The van der Waals surface area contributed by atoms with E-state index in [4.69, 9.17) is 0 Å². The lowest BCUT2D eigenvalue weighted by atomic mass is 10.0. The van der Waals surface area contributed by atoms with Gasteiger partial charge in [0.05, 0.1) is 20.2 Å². The van der Waals surface area contributed by atoms with E-state index in [2.05, 4.69) is 75.9 Å². The third-order valence-electron chi connectivity index (χ3n) is 4.65. The van der Waals surface area contributed by atoms with Crippen molar-refractivity contribution in [3.05, 3.63) is 36.4 Å². The van der Waals surface area contributed by atoms with E-state index < -0.39 is 10.4 Å². The van der Waals surface area contributed by atoms with E-state index in [1.54, 1.807) is 0 Å². The normalized spacial score (nSPS) is 17.6. The molecule has 2 aromatic rings. The second-order valence-electron chi connectivity index (χ2n) is 6.57. The fraction of sp³-hybridized carbons (Fsp3) is 0.500. The van der Waals surface area contributed by atoms with Gasteiger partial charge in [-0.1, -0.05) is 25.1 Å². The predicted molar refractivity (Wildman–Crippen MR) is 99.3 cm³/mol. The summed E-state index contributed by atoms with van der Waals surface area (Å²) in [5, 5.41) is 0. The first-order valence-corrected chi connectivity index (χ1v) is 9.94. The summed E-state index contributed by atoms with van der Waals surface area (Å²) in [6.07, 6.45) is 2.66. The lowest BCUT2D eigenvalue weighted by molar-refractivity contribution is -0.740. The standard InChI is InChI=1S/C17H24N3.CH4O4S/c1-14-8-7-11-20(13-14)17-12-16(18(2)19(17)3)15-9-5-4-6-10-15;1-5-6(2,3)4/h4-6,9-10,12,14H,7-8,11,13H2,1-3H3;1H3,(H,2,3,4)/q+1;/p-1. The summed E-state index contributed by atoms with van der Waals surface area (Å²) in [5.74, 6) is 2.13. The molecule has 0 radical (unpaired) electrons. The Morgan fingerprint density at radius 2 is 1.88 bits per heavy atom. The Balaban J connectivity index is 0.000000352. The zero-order chi connectivity index (χ0) is 19.3. The Labute approximate surface area is 155 Å². The molecule has 1 aliphatic rings. The van der Waals surface area contributed by atoms with Crippen molar-refractivity contribution in [1.29, 1.82) is 0 Å². The van der Waals surface area contributed by atoms with Crippen molar-refractivity contribution in [2.24, 2.45) is 20.0 Å². The number of aromatic nitrogens is 2. The van der Waals surface area contributed by atoms with Crippen LogP contribution in [0.4, 0.5) is 5.82 Å². The molecule has 0 aliphatic carbocycles. The van der Waals surface area contributed by atoms with Crippen LogP contribution in [0.25, 0.3) is 11.3 Å². The van der Waals surface area contributed by atoms with Gasteiger partial charge >= 0.3 is 0 Å². The Morgan fingerprint density at radius 3 is 2.42 bits per heavy atom. The number of rotatable bonds is 3. The molecule has 1 atom stereocenters. The molecule has 1 saturated heterocycles. The number of nitrogens with zero attached hydrogens (tertiary/aromatic N) is 3. The Kier molecular flexibility index (Phi) is 6.80. The monoisotopic (exact) mass is 381 g/mol. The average Bonchev–Trinajstić information content (AvgIpc) is 2.91. The minimum Gasteiger partial charge on any atom is -0.726 e. The fourth-order valence-electron chi connectivity index (χ4n) is 3.20. The van der Waals surface area contributed by atoms with Gasteiger partial charge < -0.3 is 9.45 Å². The molecular formula is C18H27N3O4S. The molecule has 3 rings (SSSR count). The van der Waals surface area contributed by atoms with Crippen LogP contribution >= 0.6 is 0 Å². The first-order chi connectivity index (χ1) is 12.2. The van der Waals surface area contributed by atoms with Crippen LogP contribution in [-0.2, 0) is 28.7 Å². The van der Waals surface area contributed by atoms with Gasteiger partial charge in [0.1, 0.15) is 0 Å². The van der Waals surface area contributed by atoms with Crippen LogP contribution < -0.4 is 9.58 Å². The van der Waals surface area contributed by atoms with Gasteiger partial charge in [0.2, 0.25) is 16.1 Å². The van der Waals surface area contributed by atoms with Crippen LogP contribution in [0.3, 0.4) is 0 Å². The molecule has 0 amide bonds. The van der Waals surface area contributed by atoms with E-state index in [1.807, 2.05) is 0 Å². The third-order valence-corrected chi connectivity index (χ3v) is 5.06. The zero-order valence-electron chi connectivity index (χ0n) is 15.8. The van der Waals surface area contributed by atoms with Crippen LogP contribution in [0.1, 0.15) is 19.8 Å². The van der Waals surface area contributed by atoms with Gasteiger partial charge in [-0.05, 0) is 30.9 Å². The molecule has 1 fully saturated rings. The molecular weight excluding hydrogens is 354 g/mol. The van der Waals surface area contributed by atoms with E-state index in [0.29, 0.717) is 0 Å². The second kappa shape index (κ2) is 8.66. The maximum atomic E-state index is 9.22. The number of hydrogen-bond acceptors (Lipinski definition) is 5. The SMILES string of the molecule is CC1CCCN(c2cc(-c3ccccc3)[n+](C)n2C)C1.COS(=O)(=O)[O-]. The molecule has 0 saturated carbocycles. The van der Waals surface area contributed by atoms with E-state index in [1.165, 1.54) is 43.0 Å². The summed E-state index contributed by atoms with van der Waals surface area (Å²) < 4.78 is 35.5. The van der Waals surface area contributed by atoms with Gasteiger partial charge in [0.25, 0.3) is 0 Å². The van der Waals surface area contributed by atoms with Gasteiger partial charge in [0.15, 0.2) is 12.9 Å². The van der Waals surface area contributed by atoms with Crippen molar-refractivity contribution in [2.45, 2.75) is 19.8 Å². The highest BCUT2D eigenvalue weighted by molar-refractivity contribution is 7.80. The summed E-state index contributed by atoms with van der Waals surface area (Å²) >= 11 is 0. The minimum absolute atomic E-state index is 0.795. The Morgan fingerprint density at radius 1 is 1.27 bits per heavy atom. The van der Waals surface area contributed by atoms with E-state index in [9.17, 15) is 13.0 Å². The second-order valence-corrected chi connectivity index (χ2v) is 7.72. The highest BCUT2D eigenvalue weighted by Crippen LogP contribution is 2.26. The predicted octanol–water partition coefficient (Wildman–Crippen LogP) is 1.85. The quantitative estimate of drug-likeness (QED) is 0.461. The molecule has 7 nitrogen and oxygen atoms in total. The maximum Gasteiger partial charge on any atom is 0.240 e. The summed E-state index contributed by atoms with van der Waals surface area (Å²) in [5.41, 5.74) is 2.56. The van der Waals surface area contributed by atoms with E-state index >= 15 is 0 Å². The fourth-order valence-corrected chi connectivity index (χ4v) is 3.20. The lowest BCUT2D eigenvalue weighted by Gasteiger charge is -2.31. The number of hydrogen-bond donors (Lipinski definition) is 0. The topological polar surface area (TPSA) is 78.5 Å². The van der Waals surface area contributed by atoms with Crippen LogP contribution in [0.15, 0.2) is 36.4 Å². The maximum absolute atomic E-state index is 9.22. The minimum atomic E-state index is -4.41. The molecule has 1 aromatic carbocycles. The first kappa shape index (κ1) is 20.4. The smallest absolute Gasteiger partial charge is 0.240 e. The van der Waals surface area contributed by atoms with E-state index in [0.717, 1.165) is 13.0 Å². The molecule has 8 heteroatoms. The summed E-state index contributed by atoms with van der Waals surface area (Å²) in [4.78, 5) is 2.53. The number of benzene rings is 1. The Bertz CT molecular complexity index is 818. The zero-order valence-corrected chi connectivity index (χ0v) is 16.6. The highest BCUT2D eigenvalue weighted by atomic mass is 32.3. The van der Waals surface area contributed by atoms with Gasteiger partial charge in [-0.3, -0.25) is 4.18 Å². The summed E-state index contributed by atoms with van der Waals surface area (Å²) in [6.45, 7) is 4.70. The molecule has 0 spiro atoms.